The summed E-state index contributed by atoms with van der Waals surface area (Å²) < 4.78 is 0. The Morgan fingerprint density at radius 1 is 1.30 bits per heavy atom. The summed E-state index contributed by atoms with van der Waals surface area (Å²) in [4.78, 5) is 12.2. The van der Waals surface area contributed by atoms with Crippen molar-refractivity contribution in [3.63, 3.8) is 0 Å². The van der Waals surface area contributed by atoms with Gasteiger partial charge in [-0.2, -0.15) is 0 Å². The molecule has 0 bridgehead atoms. The summed E-state index contributed by atoms with van der Waals surface area (Å²) >= 11 is 5.81. The Balaban J connectivity index is 1.86. The van der Waals surface area contributed by atoms with Crippen molar-refractivity contribution < 1.29 is 4.79 Å². The fourth-order valence-corrected chi connectivity index (χ4v) is 3.23. The van der Waals surface area contributed by atoms with Crippen LogP contribution in [0.3, 0.4) is 0 Å². The Morgan fingerprint density at radius 2 is 2.05 bits per heavy atom. The first-order chi connectivity index (χ1) is 9.72. The standard InChI is InChI=1S/C17H24ClNO/c1-2-4-13-7-9-16(10-8-13)19-17(20)15-6-3-5-14(11-15)12-18/h3,5-6,11,13,16H,2,4,7-10,12H2,1H3,(H,19,20). The zero-order valence-electron chi connectivity index (χ0n) is 12.2. The lowest BCUT2D eigenvalue weighted by molar-refractivity contribution is 0.0921. The monoisotopic (exact) mass is 293 g/mol. The summed E-state index contributed by atoms with van der Waals surface area (Å²) in [5.74, 6) is 1.35. The van der Waals surface area contributed by atoms with Gasteiger partial charge in [-0.3, -0.25) is 4.79 Å². The smallest absolute Gasteiger partial charge is 0.251 e. The van der Waals surface area contributed by atoms with E-state index in [1.807, 2.05) is 24.3 Å². The van der Waals surface area contributed by atoms with Crippen molar-refractivity contribution >= 4 is 17.5 Å². The minimum atomic E-state index is 0.0379. The van der Waals surface area contributed by atoms with E-state index in [0.717, 1.165) is 29.9 Å². The maximum Gasteiger partial charge on any atom is 0.251 e. The van der Waals surface area contributed by atoms with E-state index in [4.69, 9.17) is 11.6 Å². The first kappa shape index (κ1) is 15.4. The Morgan fingerprint density at radius 3 is 2.70 bits per heavy atom. The van der Waals surface area contributed by atoms with Crippen molar-refractivity contribution in [3.8, 4) is 0 Å². The van der Waals surface area contributed by atoms with Gasteiger partial charge in [-0.1, -0.05) is 31.9 Å². The van der Waals surface area contributed by atoms with Gasteiger partial charge in [0.25, 0.3) is 5.91 Å². The molecule has 1 aromatic rings. The van der Waals surface area contributed by atoms with E-state index >= 15 is 0 Å². The van der Waals surface area contributed by atoms with Gasteiger partial charge in [0, 0.05) is 17.5 Å². The summed E-state index contributed by atoms with van der Waals surface area (Å²) in [7, 11) is 0. The number of nitrogens with one attached hydrogen (secondary N) is 1. The second-order valence-corrected chi connectivity index (χ2v) is 6.08. The molecule has 1 saturated carbocycles. The number of halogens is 1. The molecule has 0 aromatic heterocycles. The molecular weight excluding hydrogens is 270 g/mol. The van der Waals surface area contributed by atoms with Crippen LogP contribution in [0.4, 0.5) is 0 Å². The molecular formula is C17H24ClNO. The summed E-state index contributed by atoms with van der Waals surface area (Å²) in [6, 6.07) is 7.92. The predicted octanol–water partition coefficient (Wildman–Crippen LogP) is 4.51. The second-order valence-electron chi connectivity index (χ2n) is 5.81. The van der Waals surface area contributed by atoms with Crippen LogP contribution in [-0.4, -0.2) is 11.9 Å². The molecule has 1 fully saturated rings. The molecule has 0 atom stereocenters. The normalized spacial score (nSPS) is 22.5. The topological polar surface area (TPSA) is 29.1 Å². The first-order valence-corrected chi connectivity index (χ1v) is 8.22. The van der Waals surface area contributed by atoms with E-state index in [9.17, 15) is 4.79 Å². The van der Waals surface area contributed by atoms with Crippen LogP contribution in [-0.2, 0) is 5.88 Å². The van der Waals surface area contributed by atoms with Crippen LogP contribution in [0.5, 0.6) is 0 Å². The number of amides is 1. The maximum absolute atomic E-state index is 12.2. The molecule has 0 saturated heterocycles. The van der Waals surface area contributed by atoms with Crippen molar-refractivity contribution in [3.05, 3.63) is 35.4 Å². The third-order valence-corrected chi connectivity index (χ3v) is 4.53. The minimum Gasteiger partial charge on any atom is -0.349 e. The fraction of sp³-hybridized carbons (Fsp3) is 0.588. The molecule has 1 aliphatic carbocycles. The first-order valence-electron chi connectivity index (χ1n) is 7.68. The molecule has 110 valence electrons. The molecule has 1 aliphatic rings. The SMILES string of the molecule is CCCC1CCC(NC(=O)c2cccc(CCl)c2)CC1. The van der Waals surface area contributed by atoms with Gasteiger partial charge in [0.2, 0.25) is 0 Å². The average Bonchev–Trinajstić information content (AvgIpc) is 2.49. The molecule has 0 aliphatic heterocycles. The van der Waals surface area contributed by atoms with Crippen molar-refractivity contribution in [2.45, 2.75) is 57.4 Å². The summed E-state index contributed by atoms with van der Waals surface area (Å²) in [6.07, 6.45) is 7.34. The van der Waals surface area contributed by atoms with Gasteiger partial charge >= 0.3 is 0 Å². The number of hydrogen-bond donors (Lipinski definition) is 1. The van der Waals surface area contributed by atoms with E-state index < -0.39 is 0 Å². The highest BCUT2D eigenvalue weighted by Gasteiger charge is 2.22. The van der Waals surface area contributed by atoms with Crippen molar-refractivity contribution in [2.24, 2.45) is 5.92 Å². The summed E-state index contributed by atoms with van der Waals surface area (Å²) in [5, 5.41) is 3.17. The van der Waals surface area contributed by atoms with Crippen molar-refractivity contribution in [2.75, 3.05) is 0 Å². The number of alkyl halides is 1. The van der Waals surface area contributed by atoms with Crippen LogP contribution in [0, 0.1) is 5.92 Å². The molecule has 20 heavy (non-hydrogen) atoms. The van der Waals surface area contributed by atoms with Crippen LogP contribution in [0.1, 0.15) is 61.4 Å². The van der Waals surface area contributed by atoms with Crippen LogP contribution < -0.4 is 5.32 Å². The molecule has 0 heterocycles. The number of benzene rings is 1. The second kappa shape index (κ2) is 7.68. The number of carbonyl (C=O) groups excluding carboxylic acids is 1. The molecule has 2 nitrogen and oxygen atoms in total. The van der Waals surface area contributed by atoms with Crippen molar-refractivity contribution in [1.29, 1.82) is 0 Å². The molecule has 1 amide bonds. The van der Waals surface area contributed by atoms with E-state index in [2.05, 4.69) is 12.2 Å². The van der Waals surface area contributed by atoms with Crippen LogP contribution in [0.25, 0.3) is 0 Å². The Bertz CT molecular complexity index is 438. The van der Waals surface area contributed by atoms with Gasteiger partial charge in [0.15, 0.2) is 0 Å². The summed E-state index contributed by atoms with van der Waals surface area (Å²) in [6.45, 7) is 2.25. The van der Waals surface area contributed by atoms with Gasteiger partial charge in [0.1, 0.15) is 0 Å². The lowest BCUT2D eigenvalue weighted by atomic mass is 9.83. The molecule has 3 heteroatoms. The Hall–Kier alpha value is -1.02. The largest absolute Gasteiger partial charge is 0.349 e. The zero-order valence-corrected chi connectivity index (χ0v) is 13.0. The highest BCUT2D eigenvalue weighted by Crippen LogP contribution is 2.27. The lowest BCUT2D eigenvalue weighted by Gasteiger charge is -2.29. The molecule has 2 rings (SSSR count). The molecule has 0 unspecified atom stereocenters. The fourth-order valence-electron chi connectivity index (χ4n) is 3.07. The minimum absolute atomic E-state index is 0.0379. The quantitative estimate of drug-likeness (QED) is 0.795. The van der Waals surface area contributed by atoms with Gasteiger partial charge in [-0.05, 0) is 49.3 Å². The average molecular weight is 294 g/mol. The van der Waals surface area contributed by atoms with E-state index in [0.29, 0.717) is 11.9 Å². The third-order valence-electron chi connectivity index (χ3n) is 4.22. The Kier molecular flexibility index (Phi) is 5.90. The lowest BCUT2D eigenvalue weighted by Crippen LogP contribution is -2.37. The summed E-state index contributed by atoms with van der Waals surface area (Å²) in [5.41, 5.74) is 1.71. The van der Waals surface area contributed by atoms with E-state index in [-0.39, 0.29) is 5.91 Å². The zero-order chi connectivity index (χ0) is 14.4. The van der Waals surface area contributed by atoms with Crippen LogP contribution >= 0.6 is 11.6 Å². The predicted molar refractivity (Wildman–Crippen MR) is 84.1 cm³/mol. The molecule has 1 N–H and O–H groups in total. The molecule has 0 radical (unpaired) electrons. The third kappa shape index (κ3) is 4.24. The van der Waals surface area contributed by atoms with Gasteiger partial charge in [0.05, 0.1) is 0 Å². The van der Waals surface area contributed by atoms with Gasteiger partial charge in [-0.15, -0.1) is 11.6 Å². The number of hydrogen-bond acceptors (Lipinski definition) is 1. The molecule has 1 aromatic carbocycles. The van der Waals surface area contributed by atoms with Gasteiger partial charge in [-0.25, -0.2) is 0 Å². The van der Waals surface area contributed by atoms with Crippen LogP contribution in [0.15, 0.2) is 24.3 Å². The van der Waals surface area contributed by atoms with E-state index in [1.165, 1.54) is 25.7 Å². The van der Waals surface area contributed by atoms with Gasteiger partial charge < -0.3 is 5.32 Å². The molecule has 0 spiro atoms. The number of carbonyl (C=O) groups is 1. The number of rotatable bonds is 5. The van der Waals surface area contributed by atoms with Crippen molar-refractivity contribution in [1.82, 2.24) is 5.32 Å². The highest BCUT2D eigenvalue weighted by molar-refractivity contribution is 6.17. The van der Waals surface area contributed by atoms with E-state index in [1.54, 1.807) is 0 Å². The highest BCUT2D eigenvalue weighted by atomic mass is 35.5. The maximum atomic E-state index is 12.2. The van der Waals surface area contributed by atoms with Crippen LogP contribution in [0.2, 0.25) is 0 Å². The Labute approximate surface area is 126 Å².